The average Bonchev–Trinajstić information content (AvgIpc) is 2.73. The molecule has 6 nitrogen and oxygen atoms in total. The van der Waals surface area contributed by atoms with Crippen LogP contribution in [-0.4, -0.2) is 40.2 Å². The highest BCUT2D eigenvalue weighted by molar-refractivity contribution is 5.76. The monoisotopic (exact) mass is 265 g/mol. The van der Waals surface area contributed by atoms with Gasteiger partial charge in [0.1, 0.15) is 0 Å². The third-order valence-electron chi connectivity index (χ3n) is 3.25. The van der Waals surface area contributed by atoms with Gasteiger partial charge in [-0.3, -0.25) is 4.79 Å². The van der Waals surface area contributed by atoms with Gasteiger partial charge in [-0.1, -0.05) is 0 Å². The molecule has 1 aromatic heterocycles. The lowest BCUT2D eigenvalue weighted by molar-refractivity contribution is -0.146. The molecular weight excluding hydrogens is 246 g/mol. The zero-order valence-corrected chi connectivity index (χ0v) is 11.5. The normalized spacial score (nSPS) is 22.8. The maximum Gasteiger partial charge on any atom is 0.311 e. The molecule has 0 amide bonds. The predicted molar refractivity (Wildman–Crippen MR) is 70.4 cm³/mol. The van der Waals surface area contributed by atoms with Crippen molar-refractivity contribution in [3.63, 3.8) is 0 Å². The number of rotatable bonds is 4. The number of aliphatic carboxylic acids is 1. The molecule has 19 heavy (non-hydrogen) atoms. The molecular formula is C13H19N3O3. The van der Waals surface area contributed by atoms with Gasteiger partial charge in [0.25, 0.3) is 0 Å². The molecule has 0 bridgehead atoms. The predicted octanol–water partition coefficient (Wildman–Crippen LogP) is 1.56. The number of hydrogen-bond acceptors (Lipinski definition) is 5. The fourth-order valence-electron chi connectivity index (χ4n) is 2.10. The van der Waals surface area contributed by atoms with E-state index in [1.165, 1.54) is 0 Å². The zero-order valence-electron chi connectivity index (χ0n) is 11.5. The molecule has 0 saturated carbocycles. The minimum atomic E-state index is -0.774. The van der Waals surface area contributed by atoms with Crippen LogP contribution in [-0.2, 0) is 4.79 Å². The van der Waals surface area contributed by atoms with Crippen LogP contribution in [0.15, 0.2) is 12.3 Å². The molecule has 0 aliphatic carbocycles. The summed E-state index contributed by atoms with van der Waals surface area (Å²) in [6, 6.07) is 1.70. The Bertz CT molecular complexity index is 478. The van der Waals surface area contributed by atoms with Crippen molar-refractivity contribution in [2.75, 3.05) is 18.0 Å². The van der Waals surface area contributed by atoms with E-state index in [9.17, 15) is 9.90 Å². The van der Waals surface area contributed by atoms with Gasteiger partial charge in [-0.25, -0.2) is 4.98 Å². The first-order valence-electron chi connectivity index (χ1n) is 6.39. The van der Waals surface area contributed by atoms with Gasteiger partial charge in [0, 0.05) is 25.4 Å². The summed E-state index contributed by atoms with van der Waals surface area (Å²) in [5, 5.41) is 9.22. The van der Waals surface area contributed by atoms with Crippen molar-refractivity contribution in [1.29, 1.82) is 0 Å². The second-order valence-electron chi connectivity index (χ2n) is 5.40. The first kappa shape index (κ1) is 13.6. The molecule has 1 saturated heterocycles. The van der Waals surface area contributed by atoms with Crippen molar-refractivity contribution in [3.8, 4) is 5.88 Å². The smallest absolute Gasteiger partial charge is 0.311 e. The number of carboxylic acids is 1. The van der Waals surface area contributed by atoms with Crippen molar-refractivity contribution in [3.05, 3.63) is 12.3 Å². The van der Waals surface area contributed by atoms with Gasteiger partial charge >= 0.3 is 5.97 Å². The van der Waals surface area contributed by atoms with E-state index in [2.05, 4.69) is 9.97 Å². The average molecular weight is 265 g/mol. The molecule has 1 aliphatic rings. The third kappa shape index (κ3) is 2.94. The van der Waals surface area contributed by atoms with Gasteiger partial charge in [0.05, 0.1) is 11.5 Å². The fraction of sp³-hybridized carbons (Fsp3) is 0.615. The number of hydrogen-bond donors (Lipinski definition) is 1. The summed E-state index contributed by atoms with van der Waals surface area (Å²) >= 11 is 0. The van der Waals surface area contributed by atoms with Crippen molar-refractivity contribution in [2.24, 2.45) is 5.41 Å². The standard InChI is InChI=1S/C13H19N3O3/c1-9(2)19-10-4-6-14-12(15-10)16-7-5-13(3,8-16)11(17)18/h4,6,9H,5,7-8H2,1-3H3,(H,17,18). The van der Waals surface area contributed by atoms with Crippen LogP contribution in [0.1, 0.15) is 27.2 Å². The van der Waals surface area contributed by atoms with Crippen molar-refractivity contribution < 1.29 is 14.6 Å². The summed E-state index contributed by atoms with van der Waals surface area (Å²) in [6.45, 7) is 6.68. The summed E-state index contributed by atoms with van der Waals surface area (Å²) in [5.74, 6) is 0.275. The summed E-state index contributed by atoms with van der Waals surface area (Å²) in [6.07, 6.45) is 2.28. The fourth-order valence-corrected chi connectivity index (χ4v) is 2.10. The highest BCUT2D eigenvalue weighted by Gasteiger charge is 2.41. The zero-order chi connectivity index (χ0) is 14.0. The molecule has 2 rings (SSSR count). The summed E-state index contributed by atoms with van der Waals surface area (Å²) in [5.41, 5.74) is -0.724. The van der Waals surface area contributed by atoms with E-state index in [0.717, 1.165) is 0 Å². The highest BCUT2D eigenvalue weighted by atomic mass is 16.5. The Balaban J connectivity index is 2.13. The lowest BCUT2D eigenvalue weighted by Gasteiger charge is -2.20. The minimum absolute atomic E-state index is 0.0469. The van der Waals surface area contributed by atoms with Gasteiger partial charge in [-0.15, -0.1) is 0 Å². The van der Waals surface area contributed by atoms with Crippen molar-refractivity contribution >= 4 is 11.9 Å². The molecule has 0 aromatic carbocycles. The van der Waals surface area contributed by atoms with Gasteiger partial charge in [-0.2, -0.15) is 4.98 Å². The van der Waals surface area contributed by atoms with Crippen molar-refractivity contribution in [1.82, 2.24) is 9.97 Å². The van der Waals surface area contributed by atoms with Crippen LogP contribution in [0.25, 0.3) is 0 Å². The molecule has 1 N–H and O–H groups in total. The maximum absolute atomic E-state index is 11.2. The molecule has 6 heteroatoms. The van der Waals surface area contributed by atoms with Crippen LogP contribution >= 0.6 is 0 Å². The first-order chi connectivity index (χ1) is 8.90. The Labute approximate surface area is 112 Å². The number of nitrogens with zero attached hydrogens (tertiary/aromatic N) is 3. The highest BCUT2D eigenvalue weighted by Crippen LogP contribution is 2.32. The van der Waals surface area contributed by atoms with Crippen LogP contribution in [0.4, 0.5) is 5.95 Å². The van der Waals surface area contributed by atoms with E-state index >= 15 is 0 Å². The molecule has 0 radical (unpaired) electrons. The Kier molecular flexibility index (Phi) is 3.59. The number of carboxylic acid groups (broad SMARTS) is 1. The Morgan fingerprint density at radius 3 is 2.89 bits per heavy atom. The molecule has 1 unspecified atom stereocenters. The van der Waals surface area contributed by atoms with Crippen LogP contribution in [0.3, 0.4) is 0 Å². The van der Waals surface area contributed by atoms with Crippen LogP contribution in [0.2, 0.25) is 0 Å². The van der Waals surface area contributed by atoms with E-state index in [1.54, 1.807) is 19.2 Å². The van der Waals surface area contributed by atoms with Crippen molar-refractivity contribution in [2.45, 2.75) is 33.3 Å². The molecule has 104 valence electrons. The van der Waals surface area contributed by atoms with Gasteiger partial charge in [0.15, 0.2) is 0 Å². The second kappa shape index (κ2) is 5.03. The van der Waals surface area contributed by atoms with E-state index in [4.69, 9.17) is 4.74 Å². The van der Waals surface area contributed by atoms with E-state index in [1.807, 2.05) is 18.7 Å². The van der Waals surface area contributed by atoms with Crippen LogP contribution < -0.4 is 9.64 Å². The SMILES string of the molecule is CC(C)Oc1ccnc(N2CCC(C)(C(=O)O)C2)n1. The Morgan fingerprint density at radius 2 is 2.32 bits per heavy atom. The lowest BCUT2D eigenvalue weighted by atomic mass is 9.90. The summed E-state index contributed by atoms with van der Waals surface area (Å²) in [4.78, 5) is 21.6. The Hall–Kier alpha value is -1.85. The quantitative estimate of drug-likeness (QED) is 0.890. The van der Waals surface area contributed by atoms with Crippen LogP contribution in [0, 0.1) is 5.41 Å². The molecule has 1 atom stereocenters. The number of aromatic nitrogens is 2. The largest absolute Gasteiger partial charge is 0.481 e. The topological polar surface area (TPSA) is 75.5 Å². The molecule has 1 fully saturated rings. The second-order valence-corrected chi connectivity index (χ2v) is 5.40. The van der Waals surface area contributed by atoms with E-state index in [0.29, 0.717) is 31.3 Å². The number of anilines is 1. The summed E-state index contributed by atoms with van der Waals surface area (Å²) in [7, 11) is 0. The molecule has 1 aliphatic heterocycles. The number of carbonyl (C=O) groups is 1. The Morgan fingerprint density at radius 1 is 1.58 bits per heavy atom. The van der Waals surface area contributed by atoms with E-state index < -0.39 is 11.4 Å². The van der Waals surface area contributed by atoms with Gasteiger partial charge < -0.3 is 14.7 Å². The third-order valence-corrected chi connectivity index (χ3v) is 3.25. The summed E-state index contributed by atoms with van der Waals surface area (Å²) < 4.78 is 5.52. The maximum atomic E-state index is 11.2. The minimum Gasteiger partial charge on any atom is -0.481 e. The van der Waals surface area contributed by atoms with Gasteiger partial charge in [0.2, 0.25) is 11.8 Å². The molecule has 2 heterocycles. The molecule has 1 aromatic rings. The number of ether oxygens (including phenoxy) is 1. The van der Waals surface area contributed by atoms with Crippen LogP contribution in [0.5, 0.6) is 5.88 Å². The van der Waals surface area contributed by atoms with E-state index in [-0.39, 0.29) is 6.10 Å². The lowest BCUT2D eigenvalue weighted by Crippen LogP contribution is -2.32. The molecule has 0 spiro atoms. The first-order valence-corrected chi connectivity index (χ1v) is 6.39. The van der Waals surface area contributed by atoms with Gasteiger partial charge in [-0.05, 0) is 27.2 Å².